The summed E-state index contributed by atoms with van der Waals surface area (Å²) in [5.41, 5.74) is 2.72. The first-order chi connectivity index (χ1) is 13.3. The van der Waals surface area contributed by atoms with E-state index < -0.39 is 0 Å². The Morgan fingerprint density at radius 1 is 1.26 bits per heavy atom. The van der Waals surface area contributed by atoms with Gasteiger partial charge in [-0.05, 0) is 55.2 Å². The molecule has 1 saturated heterocycles. The number of nitrogens with one attached hydrogen (secondary N) is 1. The van der Waals surface area contributed by atoms with Gasteiger partial charge in [0.05, 0.1) is 12.6 Å². The third-order valence-electron chi connectivity index (χ3n) is 5.20. The van der Waals surface area contributed by atoms with Crippen LogP contribution in [-0.4, -0.2) is 33.9 Å². The molecule has 140 valence electrons. The Kier molecular flexibility index (Phi) is 5.10. The van der Waals surface area contributed by atoms with Crippen LogP contribution < -0.4 is 4.74 Å². The standard InChI is InChI=1S/C22H25N3O2/c1-2-3-13-27-18-7-6-17-14-20(24-19(17)15-18)22(26)25-12-4-5-21(25)16-8-10-23-11-9-16/h6-11,14-15,21,24H,2-5,12-13H2,1H3/t21-/m0/s1. The Morgan fingerprint density at radius 2 is 2.11 bits per heavy atom. The largest absolute Gasteiger partial charge is 0.494 e. The van der Waals surface area contributed by atoms with Gasteiger partial charge in [0.25, 0.3) is 5.91 Å². The summed E-state index contributed by atoms with van der Waals surface area (Å²) in [7, 11) is 0. The fraction of sp³-hybridized carbons (Fsp3) is 0.364. The minimum absolute atomic E-state index is 0.0546. The first kappa shape index (κ1) is 17.6. The highest BCUT2D eigenvalue weighted by Crippen LogP contribution is 2.33. The van der Waals surface area contributed by atoms with E-state index in [9.17, 15) is 4.79 Å². The summed E-state index contributed by atoms with van der Waals surface area (Å²) in [6.07, 6.45) is 7.74. The summed E-state index contributed by atoms with van der Waals surface area (Å²) in [6.45, 7) is 3.65. The lowest BCUT2D eigenvalue weighted by Crippen LogP contribution is -2.30. The molecule has 5 heteroatoms. The molecule has 0 unspecified atom stereocenters. The number of nitrogens with zero attached hydrogens (tertiary/aromatic N) is 2. The van der Waals surface area contributed by atoms with Crippen LogP contribution >= 0.6 is 0 Å². The van der Waals surface area contributed by atoms with E-state index in [2.05, 4.69) is 16.9 Å². The zero-order chi connectivity index (χ0) is 18.6. The number of H-pyrrole nitrogens is 1. The monoisotopic (exact) mass is 363 g/mol. The Labute approximate surface area is 159 Å². The van der Waals surface area contributed by atoms with Gasteiger partial charge in [-0.1, -0.05) is 13.3 Å². The number of unbranched alkanes of at least 4 members (excludes halogenated alkanes) is 1. The summed E-state index contributed by atoms with van der Waals surface area (Å²) >= 11 is 0. The highest BCUT2D eigenvalue weighted by molar-refractivity contribution is 5.98. The number of benzene rings is 1. The topological polar surface area (TPSA) is 58.2 Å². The van der Waals surface area contributed by atoms with Gasteiger partial charge in [-0.3, -0.25) is 9.78 Å². The number of hydrogen-bond donors (Lipinski definition) is 1. The molecule has 0 spiro atoms. The van der Waals surface area contributed by atoms with Crippen LogP contribution in [0.15, 0.2) is 48.8 Å². The van der Waals surface area contributed by atoms with Crippen LogP contribution in [0.4, 0.5) is 0 Å². The molecule has 4 rings (SSSR count). The van der Waals surface area contributed by atoms with Crippen LogP contribution in [0.2, 0.25) is 0 Å². The number of hydrogen-bond acceptors (Lipinski definition) is 3. The van der Waals surface area contributed by atoms with E-state index in [1.165, 1.54) is 0 Å². The average molecular weight is 363 g/mol. The van der Waals surface area contributed by atoms with Gasteiger partial charge < -0.3 is 14.6 Å². The van der Waals surface area contributed by atoms with Gasteiger partial charge in [-0.15, -0.1) is 0 Å². The quantitative estimate of drug-likeness (QED) is 0.645. The molecule has 1 fully saturated rings. The minimum atomic E-state index is 0.0546. The molecular weight excluding hydrogens is 338 g/mol. The normalized spacial score (nSPS) is 16.8. The van der Waals surface area contributed by atoms with Gasteiger partial charge in [0, 0.05) is 35.9 Å². The lowest BCUT2D eigenvalue weighted by Gasteiger charge is -2.24. The molecule has 1 N–H and O–H groups in total. The molecule has 3 aromatic rings. The summed E-state index contributed by atoms with van der Waals surface area (Å²) in [4.78, 5) is 22.5. The first-order valence-corrected chi connectivity index (χ1v) is 9.72. The molecule has 0 bridgehead atoms. The van der Waals surface area contributed by atoms with Crippen LogP contribution in [0.25, 0.3) is 10.9 Å². The van der Waals surface area contributed by atoms with E-state index >= 15 is 0 Å². The zero-order valence-electron chi connectivity index (χ0n) is 15.6. The molecule has 1 aromatic carbocycles. The van der Waals surface area contributed by atoms with Crippen molar-refractivity contribution in [2.75, 3.05) is 13.2 Å². The number of carbonyl (C=O) groups is 1. The molecular formula is C22H25N3O2. The number of aromatic nitrogens is 2. The highest BCUT2D eigenvalue weighted by atomic mass is 16.5. The summed E-state index contributed by atoms with van der Waals surface area (Å²) in [6, 6.07) is 12.0. The number of carbonyl (C=O) groups excluding carboxylic acids is 1. The van der Waals surface area contributed by atoms with Gasteiger partial charge in [-0.25, -0.2) is 0 Å². The lowest BCUT2D eigenvalue weighted by molar-refractivity contribution is 0.0730. The number of fused-ring (bicyclic) bond motifs is 1. The van der Waals surface area contributed by atoms with Crippen molar-refractivity contribution in [3.8, 4) is 5.75 Å². The third kappa shape index (κ3) is 3.68. The number of rotatable bonds is 6. The number of aromatic amines is 1. The van der Waals surface area contributed by atoms with Crippen LogP contribution in [0.5, 0.6) is 5.75 Å². The van der Waals surface area contributed by atoms with Crippen molar-refractivity contribution < 1.29 is 9.53 Å². The van der Waals surface area contributed by atoms with Gasteiger partial charge in [0.2, 0.25) is 0 Å². The van der Waals surface area contributed by atoms with Crippen LogP contribution in [0, 0.1) is 0 Å². The second-order valence-corrected chi connectivity index (χ2v) is 7.07. The summed E-state index contributed by atoms with van der Waals surface area (Å²) < 4.78 is 5.78. The molecule has 0 radical (unpaired) electrons. The number of amides is 1. The van der Waals surface area contributed by atoms with E-state index in [1.54, 1.807) is 12.4 Å². The number of pyridine rings is 1. The van der Waals surface area contributed by atoms with E-state index in [-0.39, 0.29) is 11.9 Å². The molecule has 1 atom stereocenters. The zero-order valence-corrected chi connectivity index (χ0v) is 15.6. The van der Waals surface area contributed by atoms with Crippen molar-refractivity contribution in [3.63, 3.8) is 0 Å². The third-order valence-corrected chi connectivity index (χ3v) is 5.20. The molecule has 5 nitrogen and oxygen atoms in total. The maximum atomic E-state index is 13.1. The van der Waals surface area contributed by atoms with E-state index in [0.717, 1.165) is 61.1 Å². The number of likely N-dealkylation sites (tertiary alicyclic amines) is 1. The average Bonchev–Trinajstić information content (AvgIpc) is 3.35. The Morgan fingerprint density at radius 3 is 2.93 bits per heavy atom. The lowest BCUT2D eigenvalue weighted by atomic mass is 10.1. The van der Waals surface area contributed by atoms with Crippen LogP contribution in [0.1, 0.15) is 54.7 Å². The molecule has 1 amide bonds. The van der Waals surface area contributed by atoms with Gasteiger partial charge in [0.1, 0.15) is 11.4 Å². The van der Waals surface area contributed by atoms with Gasteiger partial charge >= 0.3 is 0 Å². The van der Waals surface area contributed by atoms with Crippen molar-refractivity contribution in [1.82, 2.24) is 14.9 Å². The van der Waals surface area contributed by atoms with Gasteiger partial charge in [-0.2, -0.15) is 0 Å². The second-order valence-electron chi connectivity index (χ2n) is 7.07. The van der Waals surface area contributed by atoms with Crippen LogP contribution in [0.3, 0.4) is 0 Å². The van der Waals surface area contributed by atoms with Gasteiger partial charge in [0.15, 0.2) is 0 Å². The molecule has 3 heterocycles. The highest BCUT2D eigenvalue weighted by Gasteiger charge is 2.31. The number of ether oxygens (including phenoxy) is 1. The Hall–Kier alpha value is -2.82. The maximum Gasteiger partial charge on any atom is 0.270 e. The Balaban J connectivity index is 1.55. The molecule has 0 saturated carbocycles. The van der Waals surface area contributed by atoms with Crippen molar-refractivity contribution >= 4 is 16.8 Å². The summed E-state index contributed by atoms with van der Waals surface area (Å²) in [5.74, 6) is 0.895. The second kappa shape index (κ2) is 7.82. The van der Waals surface area contributed by atoms with Crippen LogP contribution in [-0.2, 0) is 0 Å². The molecule has 2 aromatic heterocycles. The molecule has 0 aliphatic carbocycles. The van der Waals surface area contributed by atoms with Crippen molar-refractivity contribution in [1.29, 1.82) is 0 Å². The SMILES string of the molecule is CCCCOc1ccc2cc(C(=O)N3CCC[C@H]3c3ccncc3)[nH]c2c1. The molecule has 27 heavy (non-hydrogen) atoms. The minimum Gasteiger partial charge on any atom is -0.494 e. The van der Waals surface area contributed by atoms with Crippen molar-refractivity contribution in [2.45, 2.75) is 38.6 Å². The predicted molar refractivity (Wildman–Crippen MR) is 106 cm³/mol. The first-order valence-electron chi connectivity index (χ1n) is 9.72. The van der Waals surface area contributed by atoms with Crippen molar-refractivity contribution in [3.05, 3.63) is 60.0 Å². The fourth-order valence-corrected chi connectivity index (χ4v) is 3.74. The molecule has 1 aliphatic heterocycles. The molecule has 1 aliphatic rings. The fourth-order valence-electron chi connectivity index (χ4n) is 3.74. The smallest absolute Gasteiger partial charge is 0.270 e. The van der Waals surface area contributed by atoms with E-state index in [1.807, 2.05) is 41.3 Å². The summed E-state index contributed by atoms with van der Waals surface area (Å²) in [5, 5.41) is 1.03. The van der Waals surface area contributed by atoms with E-state index in [0.29, 0.717) is 5.69 Å². The van der Waals surface area contributed by atoms with Crippen molar-refractivity contribution in [2.24, 2.45) is 0 Å². The Bertz CT molecular complexity index is 920. The maximum absolute atomic E-state index is 13.1. The predicted octanol–water partition coefficient (Wildman–Crippen LogP) is 4.72. The van der Waals surface area contributed by atoms with E-state index in [4.69, 9.17) is 4.74 Å².